The van der Waals surface area contributed by atoms with Crippen molar-refractivity contribution in [3.8, 4) is 11.5 Å². The van der Waals surface area contributed by atoms with Gasteiger partial charge in [0.25, 0.3) is 5.91 Å². The van der Waals surface area contributed by atoms with E-state index in [1.54, 1.807) is 45.5 Å². The van der Waals surface area contributed by atoms with E-state index < -0.39 is 0 Å². The minimum Gasteiger partial charge on any atom is -0.497 e. The highest BCUT2D eigenvalue weighted by molar-refractivity contribution is 5.94. The van der Waals surface area contributed by atoms with Crippen molar-refractivity contribution in [3.05, 3.63) is 59.2 Å². The number of benzene rings is 2. The molecule has 156 valence electrons. The monoisotopic (exact) mass is 398 g/mol. The molecule has 2 aromatic rings. The molecular formula is C22H30N4O3. The number of hydrogen-bond donors (Lipinski definition) is 3. The maximum atomic E-state index is 12.2. The normalized spacial score (nSPS) is 11.0. The molecule has 0 aliphatic rings. The highest BCUT2D eigenvalue weighted by Crippen LogP contribution is 2.19. The van der Waals surface area contributed by atoms with Crippen LogP contribution in [-0.4, -0.2) is 52.8 Å². The SMILES string of the molecule is CN=C(NCCNC(=O)c1cccc(OC)c1)NCCc1cc(C)ccc1OC. The summed E-state index contributed by atoms with van der Waals surface area (Å²) in [6, 6.07) is 13.2. The van der Waals surface area contributed by atoms with E-state index in [0.717, 1.165) is 24.3 Å². The van der Waals surface area contributed by atoms with E-state index in [4.69, 9.17) is 9.47 Å². The molecule has 0 unspecified atom stereocenters. The van der Waals surface area contributed by atoms with Crippen LogP contribution in [0.15, 0.2) is 47.5 Å². The first-order valence-corrected chi connectivity index (χ1v) is 9.57. The molecule has 0 heterocycles. The van der Waals surface area contributed by atoms with E-state index in [2.05, 4.69) is 33.9 Å². The molecule has 1 amide bonds. The molecule has 0 atom stereocenters. The Morgan fingerprint density at radius 1 is 0.966 bits per heavy atom. The molecule has 0 saturated carbocycles. The zero-order valence-corrected chi connectivity index (χ0v) is 17.5. The Bertz CT molecular complexity index is 837. The summed E-state index contributed by atoms with van der Waals surface area (Å²) in [6.45, 7) is 3.82. The number of nitrogens with one attached hydrogen (secondary N) is 3. The van der Waals surface area contributed by atoms with Crippen LogP contribution in [0.2, 0.25) is 0 Å². The van der Waals surface area contributed by atoms with Crippen molar-refractivity contribution in [3.63, 3.8) is 0 Å². The quantitative estimate of drug-likeness (QED) is 0.342. The largest absolute Gasteiger partial charge is 0.497 e. The summed E-state index contributed by atoms with van der Waals surface area (Å²) in [5.41, 5.74) is 2.93. The van der Waals surface area contributed by atoms with Crippen LogP contribution in [0.4, 0.5) is 0 Å². The third-order valence-electron chi connectivity index (χ3n) is 4.38. The molecule has 0 bridgehead atoms. The van der Waals surface area contributed by atoms with Crippen molar-refractivity contribution in [2.45, 2.75) is 13.3 Å². The Balaban J connectivity index is 1.72. The van der Waals surface area contributed by atoms with Crippen LogP contribution >= 0.6 is 0 Å². The summed E-state index contributed by atoms with van der Waals surface area (Å²) in [4.78, 5) is 16.4. The van der Waals surface area contributed by atoms with Gasteiger partial charge in [-0.1, -0.05) is 23.8 Å². The number of carbonyl (C=O) groups is 1. The average molecular weight is 399 g/mol. The summed E-state index contributed by atoms with van der Waals surface area (Å²) < 4.78 is 10.6. The molecule has 0 aliphatic heterocycles. The van der Waals surface area contributed by atoms with Gasteiger partial charge in [-0.25, -0.2) is 0 Å². The second kappa shape index (κ2) is 11.6. The molecule has 29 heavy (non-hydrogen) atoms. The summed E-state index contributed by atoms with van der Waals surface area (Å²) in [5.74, 6) is 2.10. The van der Waals surface area contributed by atoms with E-state index in [9.17, 15) is 4.79 Å². The van der Waals surface area contributed by atoms with Crippen LogP contribution in [0.1, 0.15) is 21.5 Å². The van der Waals surface area contributed by atoms with Gasteiger partial charge in [0.05, 0.1) is 14.2 Å². The number of methoxy groups -OCH3 is 2. The zero-order chi connectivity index (χ0) is 21.1. The van der Waals surface area contributed by atoms with Crippen molar-refractivity contribution < 1.29 is 14.3 Å². The topological polar surface area (TPSA) is 84.0 Å². The number of rotatable bonds is 9. The second-order valence-corrected chi connectivity index (χ2v) is 6.48. The first kappa shape index (κ1) is 22.1. The molecule has 0 spiro atoms. The third-order valence-corrected chi connectivity index (χ3v) is 4.38. The average Bonchev–Trinajstić information content (AvgIpc) is 2.75. The van der Waals surface area contributed by atoms with Crippen molar-refractivity contribution in [1.29, 1.82) is 0 Å². The van der Waals surface area contributed by atoms with Crippen molar-refractivity contribution in [2.75, 3.05) is 40.9 Å². The minimum atomic E-state index is -0.139. The van der Waals surface area contributed by atoms with Crippen molar-refractivity contribution in [2.24, 2.45) is 4.99 Å². The second-order valence-electron chi connectivity index (χ2n) is 6.48. The summed E-state index contributed by atoms with van der Waals surface area (Å²) in [5, 5.41) is 9.35. The van der Waals surface area contributed by atoms with E-state index in [1.807, 2.05) is 12.1 Å². The summed E-state index contributed by atoms with van der Waals surface area (Å²) in [7, 11) is 4.98. The fourth-order valence-corrected chi connectivity index (χ4v) is 2.86. The van der Waals surface area contributed by atoms with Gasteiger partial charge >= 0.3 is 0 Å². The van der Waals surface area contributed by atoms with Gasteiger partial charge in [-0.15, -0.1) is 0 Å². The number of carbonyl (C=O) groups excluding carboxylic acids is 1. The molecule has 2 rings (SSSR count). The van der Waals surface area contributed by atoms with Crippen molar-refractivity contribution >= 4 is 11.9 Å². The third kappa shape index (κ3) is 7.03. The van der Waals surface area contributed by atoms with Gasteiger partial charge in [-0.2, -0.15) is 0 Å². The maximum absolute atomic E-state index is 12.2. The number of aryl methyl sites for hydroxylation is 1. The Kier molecular flexibility index (Phi) is 8.82. The molecule has 0 aliphatic carbocycles. The highest BCUT2D eigenvalue weighted by Gasteiger charge is 2.07. The first-order chi connectivity index (χ1) is 14.1. The van der Waals surface area contributed by atoms with Crippen LogP contribution in [0.25, 0.3) is 0 Å². The van der Waals surface area contributed by atoms with Gasteiger partial charge in [0, 0.05) is 32.2 Å². The Morgan fingerprint density at radius 3 is 2.45 bits per heavy atom. The fourth-order valence-electron chi connectivity index (χ4n) is 2.86. The standard InChI is InChI=1S/C22H30N4O3/c1-16-8-9-20(29-4)17(14-16)10-11-25-22(23-2)26-13-12-24-21(27)18-6-5-7-19(15-18)28-3/h5-9,14-15H,10-13H2,1-4H3,(H,24,27)(H2,23,25,26). The van der Waals surface area contributed by atoms with E-state index >= 15 is 0 Å². The van der Waals surface area contributed by atoms with Gasteiger partial charge in [0.2, 0.25) is 0 Å². The molecule has 0 fully saturated rings. The predicted octanol–water partition coefficient (Wildman–Crippen LogP) is 2.15. The maximum Gasteiger partial charge on any atom is 0.251 e. The molecule has 0 radical (unpaired) electrons. The zero-order valence-electron chi connectivity index (χ0n) is 17.5. The number of amides is 1. The van der Waals surface area contributed by atoms with Gasteiger partial charge in [-0.3, -0.25) is 9.79 Å². The smallest absolute Gasteiger partial charge is 0.251 e. The highest BCUT2D eigenvalue weighted by atomic mass is 16.5. The number of guanidine groups is 1. The van der Waals surface area contributed by atoms with Crippen LogP contribution in [0.3, 0.4) is 0 Å². The predicted molar refractivity (Wildman–Crippen MR) is 116 cm³/mol. The van der Waals surface area contributed by atoms with Crippen LogP contribution in [0.5, 0.6) is 11.5 Å². The van der Waals surface area contributed by atoms with Crippen LogP contribution in [-0.2, 0) is 6.42 Å². The number of aliphatic imine (C=N–C) groups is 1. The van der Waals surface area contributed by atoms with Gasteiger partial charge in [0.1, 0.15) is 11.5 Å². The number of hydrogen-bond acceptors (Lipinski definition) is 4. The number of ether oxygens (including phenoxy) is 2. The van der Waals surface area contributed by atoms with Crippen LogP contribution in [0, 0.1) is 6.92 Å². The van der Waals surface area contributed by atoms with Gasteiger partial charge in [-0.05, 0) is 43.2 Å². The number of nitrogens with zero attached hydrogens (tertiary/aromatic N) is 1. The Hall–Kier alpha value is -3.22. The molecule has 3 N–H and O–H groups in total. The van der Waals surface area contributed by atoms with Gasteiger partial charge < -0.3 is 25.4 Å². The van der Waals surface area contributed by atoms with E-state index in [-0.39, 0.29) is 5.91 Å². The summed E-state index contributed by atoms with van der Waals surface area (Å²) in [6.07, 6.45) is 0.818. The van der Waals surface area contributed by atoms with Crippen molar-refractivity contribution in [1.82, 2.24) is 16.0 Å². The Morgan fingerprint density at radius 2 is 1.72 bits per heavy atom. The molecule has 2 aromatic carbocycles. The van der Waals surface area contributed by atoms with E-state index in [1.165, 1.54) is 5.56 Å². The van der Waals surface area contributed by atoms with Gasteiger partial charge in [0.15, 0.2) is 5.96 Å². The lowest BCUT2D eigenvalue weighted by Crippen LogP contribution is -2.42. The molecule has 0 aromatic heterocycles. The first-order valence-electron chi connectivity index (χ1n) is 9.57. The molecule has 7 heteroatoms. The Labute approximate surface area is 172 Å². The molecular weight excluding hydrogens is 368 g/mol. The fraction of sp³-hybridized carbons (Fsp3) is 0.364. The molecule has 0 saturated heterocycles. The van der Waals surface area contributed by atoms with E-state index in [0.29, 0.717) is 30.4 Å². The van der Waals surface area contributed by atoms with Crippen LogP contribution < -0.4 is 25.4 Å². The minimum absolute atomic E-state index is 0.139. The lowest BCUT2D eigenvalue weighted by atomic mass is 10.1. The lowest BCUT2D eigenvalue weighted by molar-refractivity contribution is 0.0954. The summed E-state index contributed by atoms with van der Waals surface area (Å²) >= 11 is 0. The lowest BCUT2D eigenvalue weighted by Gasteiger charge is -2.14. The molecule has 7 nitrogen and oxygen atoms in total.